The van der Waals surface area contributed by atoms with Crippen LogP contribution in [-0.2, 0) is 9.84 Å². The van der Waals surface area contributed by atoms with Crippen molar-refractivity contribution in [3.8, 4) is 5.75 Å². The van der Waals surface area contributed by atoms with E-state index in [-0.39, 0.29) is 16.9 Å². The molecule has 3 rings (SSSR count). The molecule has 19 heavy (non-hydrogen) atoms. The fourth-order valence-corrected chi connectivity index (χ4v) is 5.16. The highest BCUT2D eigenvalue weighted by Crippen LogP contribution is 2.41. The smallest absolute Gasteiger partial charge is 0.409 e. The highest BCUT2D eigenvalue weighted by molar-refractivity contribution is 9.10. The van der Waals surface area contributed by atoms with Crippen molar-refractivity contribution in [2.45, 2.75) is 0 Å². The van der Waals surface area contributed by atoms with Crippen LogP contribution in [0, 0.1) is 5.41 Å². The lowest BCUT2D eigenvalue weighted by Gasteiger charge is -2.53. The topological polar surface area (TPSA) is 63.7 Å². The van der Waals surface area contributed by atoms with E-state index in [0.717, 1.165) is 0 Å². The van der Waals surface area contributed by atoms with Gasteiger partial charge in [0.05, 0.1) is 16.0 Å². The number of likely N-dealkylation sites (tertiary alicyclic amines) is 1. The molecular weight excluding hydrogens is 334 g/mol. The molecular formula is C12H12BrNO4S. The molecule has 2 saturated heterocycles. The third-order valence-electron chi connectivity index (χ3n) is 3.40. The molecule has 0 unspecified atom stereocenters. The Kier molecular flexibility index (Phi) is 2.86. The number of para-hydroxylation sites is 1. The number of nitrogens with zero attached hydrogens (tertiary/aromatic N) is 1. The predicted molar refractivity (Wildman–Crippen MR) is 72.8 cm³/mol. The van der Waals surface area contributed by atoms with E-state index in [9.17, 15) is 13.2 Å². The van der Waals surface area contributed by atoms with Crippen LogP contribution in [0.3, 0.4) is 0 Å². The van der Waals surface area contributed by atoms with Crippen LogP contribution >= 0.6 is 15.9 Å². The Morgan fingerprint density at radius 3 is 2.47 bits per heavy atom. The monoisotopic (exact) mass is 345 g/mol. The Labute approximate surface area is 119 Å². The molecule has 0 aliphatic carbocycles. The molecule has 5 nitrogen and oxygen atoms in total. The molecule has 1 spiro atoms. The average Bonchev–Trinajstić information content (AvgIpc) is 2.25. The number of sulfone groups is 1. The van der Waals surface area contributed by atoms with Crippen LogP contribution in [0.25, 0.3) is 0 Å². The number of hydrogen-bond acceptors (Lipinski definition) is 4. The fraction of sp³-hybridized carbons (Fsp3) is 0.417. The summed E-state index contributed by atoms with van der Waals surface area (Å²) in [5.41, 5.74) is -0.203. The van der Waals surface area contributed by atoms with Gasteiger partial charge in [0.15, 0.2) is 9.84 Å². The lowest BCUT2D eigenvalue weighted by atomic mass is 9.83. The average molecular weight is 346 g/mol. The second-order valence-corrected chi connectivity index (χ2v) is 8.11. The van der Waals surface area contributed by atoms with Crippen LogP contribution < -0.4 is 4.74 Å². The number of carbonyl (C=O) groups excluding carboxylic acids is 1. The Morgan fingerprint density at radius 2 is 1.89 bits per heavy atom. The first-order valence-corrected chi connectivity index (χ1v) is 8.42. The Bertz CT molecular complexity index is 623. The maximum absolute atomic E-state index is 11.9. The van der Waals surface area contributed by atoms with Crippen molar-refractivity contribution in [1.82, 2.24) is 4.90 Å². The lowest BCUT2D eigenvalue weighted by Crippen LogP contribution is -2.69. The zero-order chi connectivity index (χ0) is 13.7. The number of rotatable bonds is 1. The highest BCUT2D eigenvalue weighted by atomic mass is 79.9. The maximum atomic E-state index is 11.9. The summed E-state index contributed by atoms with van der Waals surface area (Å²) >= 11 is 3.30. The van der Waals surface area contributed by atoms with Gasteiger partial charge in [0.1, 0.15) is 5.75 Å². The lowest BCUT2D eigenvalue weighted by molar-refractivity contribution is 0.0340. The number of ether oxygens (including phenoxy) is 1. The third kappa shape index (κ3) is 2.36. The second-order valence-electron chi connectivity index (χ2n) is 5.19. The van der Waals surface area contributed by atoms with E-state index in [1.807, 2.05) is 6.07 Å². The number of amides is 1. The minimum atomic E-state index is -2.85. The predicted octanol–water partition coefficient (Wildman–Crippen LogP) is 1.68. The molecule has 102 valence electrons. The SMILES string of the molecule is O=C(Oc1ccccc1Br)N1CC2(C1)CS(=O)(=O)C2. The van der Waals surface area contributed by atoms with Crippen molar-refractivity contribution >= 4 is 31.9 Å². The molecule has 0 bridgehead atoms. The zero-order valence-electron chi connectivity index (χ0n) is 10.0. The summed E-state index contributed by atoms with van der Waals surface area (Å²) in [6.45, 7) is 0.936. The molecule has 0 radical (unpaired) electrons. The van der Waals surface area contributed by atoms with E-state index < -0.39 is 15.9 Å². The fourth-order valence-electron chi connectivity index (χ4n) is 2.65. The van der Waals surface area contributed by atoms with E-state index in [2.05, 4.69) is 15.9 Å². The van der Waals surface area contributed by atoms with Crippen LogP contribution in [-0.4, -0.2) is 44.0 Å². The molecule has 2 fully saturated rings. The first-order chi connectivity index (χ1) is 8.89. The summed E-state index contributed by atoms with van der Waals surface area (Å²) in [5, 5.41) is 0. The Balaban J connectivity index is 1.58. The molecule has 2 aliphatic rings. The van der Waals surface area contributed by atoms with Crippen molar-refractivity contribution in [1.29, 1.82) is 0 Å². The van der Waals surface area contributed by atoms with Gasteiger partial charge in [-0.3, -0.25) is 0 Å². The summed E-state index contributed by atoms with van der Waals surface area (Å²) in [6, 6.07) is 7.10. The summed E-state index contributed by atoms with van der Waals surface area (Å²) < 4.78 is 28.3. The van der Waals surface area contributed by atoms with E-state index in [1.165, 1.54) is 4.90 Å². The molecule has 0 N–H and O–H groups in total. The Hall–Kier alpha value is -1.08. The van der Waals surface area contributed by atoms with Gasteiger partial charge in [-0.15, -0.1) is 0 Å². The van der Waals surface area contributed by atoms with Gasteiger partial charge < -0.3 is 9.64 Å². The van der Waals surface area contributed by atoms with Crippen molar-refractivity contribution in [3.63, 3.8) is 0 Å². The van der Waals surface area contributed by atoms with Crippen molar-refractivity contribution in [2.75, 3.05) is 24.6 Å². The van der Waals surface area contributed by atoms with Crippen molar-refractivity contribution < 1.29 is 17.9 Å². The molecule has 0 atom stereocenters. The van der Waals surface area contributed by atoms with Gasteiger partial charge in [0, 0.05) is 18.5 Å². The molecule has 2 heterocycles. The number of benzene rings is 1. The van der Waals surface area contributed by atoms with Gasteiger partial charge in [-0.1, -0.05) is 12.1 Å². The molecule has 1 aromatic rings. The van der Waals surface area contributed by atoms with E-state index in [4.69, 9.17) is 4.74 Å². The second kappa shape index (κ2) is 4.21. The molecule has 1 amide bonds. The van der Waals surface area contributed by atoms with Gasteiger partial charge in [-0.25, -0.2) is 13.2 Å². The number of halogens is 1. The van der Waals surface area contributed by atoms with E-state index in [1.54, 1.807) is 18.2 Å². The first kappa shape index (κ1) is 12.9. The van der Waals surface area contributed by atoms with Crippen LogP contribution in [0.1, 0.15) is 0 Å². The van der Waals surface area contributed by atoms with E-state index in [0.29, 0.717) is 23.3 Å². The molecule has 0 aromatic heterocycles. The van der Waals surface area contributed by atoms with Gasteiger partial charge in [0.25, 0.3) is 0 Å². The van der Waals surface area contributed by atoms with Crippen LogP contribution in [0.2, 0.25) is 0 Å². The van der Waals surface area contributed by atoms with Crippen molar-refractivity contribution in [2.24, 2.45) is 5.41 Å². The standard InChI is InChI=1S/C12H12BrNO4S/c13-9-3-1-2-4-10(9)18-11(15)14-5-12(6-14)7-19(16,17)8-12/h1-4H,5-8H2. The van der Waals surface area contributed by atoms with Crippen molar-refractivity contribution in [3.05, 3.63) is 28.7 Å². The minimum Gasteiger partial charge on any atom is -0.409 e. The van der Waals surface area contributed by atoms with E-state index >= 15 is 0 Å². The summed E-state index contributed by atoms with van der Waals surface area (Å²) in [5.74, 6) is 0.854. The maximum Gasteiger partial charge on any atom is 0.415 e. The summed E-state index contributed by atoms with van der Waals surface area (Å²) in [6.07, 6.45) is -0.429. The molecule has 2 aliphatic heterocycles. The van der Waals surface area contributed by atoms with Gasteiger partial charge >= 0.3 is 6.09 Å². The zero-order valence-corrected chi connectivity index (χ0v) is 12.4. The first-order valence-electron chi connectivity index (χ1n) is 5.81. The third-order valence-corrected chi connectivity index (χ3v) is 6.16. The quantitative estimate of drug-likeness (QED) is 0.776. The Morgan fingerprint density at radius 1 is 1.26 bits per heavy atom. The summed E-state index contributed by atoms with van der Waals surface area (Å²) in [4.78, 5) is 13.4. The minimum absolute atomic E-state index is 0.193. The van der Waals surface area contributed by atoms with Gasteiger partial charge in [-0.2, -0.15) is 0 Å². The van der Waals surface area contributed by atoms with Crippen LogP contribution in [0.5, 0.6) is 5.75 Å². The number of hydrogen-bond donors (Lipinski definition) is 0. The number of carbonyl (C=O) groups is 1. The molecule has 1 aromatic carbocycles. The largest absolute Gasteiger partial charge is 0.415 e. The van der Waals surface area contributed by atoms with Gasteiger partial charge in [-0.05, 0) is 28.1 Å². The highest BCUT2D eigenvalue weighted by Gasteiger charge is 2.57. The molecule has 0 saturated carbocycles. The molecule has 7 heteroatoms. The normalized spacial score (nSPS) is 22.5. The van der Waals surface area contributed by atoms with Gasteiger partial charge in [0.2, 0.25) is 0 Å². The van der Waals surface area contributed by atoms with Crippen LogP contribution in [0.4, 0.5) is 4.79 Å². The van der Waals surface area contributed by atoms with Crippen LogP contribution in [0.15, 0.2) is 28.7 Å². The summed E-state index contributed by atoms with van der Waals surface area (Å²) in [7, 11) is -2.85.